The van der Waals surface area contributed by atoms with E-state index in [1.54, 1.807) is 11.8 Å². The summed E-state index contributed by atoms with van der Waals surface area (Å²) in [5.41, 5.74) is 2.87. The van der Waals surface area contributed by atoms with Crippen LogP contribution in [-0.4, -0.2) is 22.4 Å². The molecule has 0 aliphatic rings. The molecule has 1 aromatic carbocycles. The Morgan fingerprint density at radius 2 is 2.05 bits per heavy atom. The first-order chi connectivity index (χ1) is 9.60. The van der Waals surface area contributed by atoms with Gasteiger partial charge in [-0.1, -0.05) is 26.0 Å². The largest absolute Gasteiger partial charge is 0.305 e. The maximum atomic E-state index is 12.1. The van der Waals surface area contributed by atoms with Crippen LogP contribution >= 0.6 is 11.8 Å². The van der Waals surface area contributed by atoms with E-state index in [1.165, 1.54) is 5.56 Å². The minimum atomic E-state index is -0.137. The first-order valence-corrected chi connectivity index (χ1v) is 7.94. The lowest BCUT2D eigenvalue weighted by Crippen LogP contribution is -2.12. The summed E-state index contributed by atoms with van der Waals surface area (Å²) >= 11 is 1.76. The van der Waals surface area contributed by atoms with Gasteiger partial charge in [0.2, 0.25) is 0 Å². The zero-order valence-corrected chi connectivity index (χ0v) is 12.8. The number of aromatic amines is 1. The van der Waals surface area contributed by atoms with Crippen molar-refractivity contribution in [2.24, 2.45) is 0 Å². The monoisotopic (exact) mass is 289 g/mol. The second-order valence-corrected chi connectivity index (χ2v) is 5.81. The van der Waals surface area contributed by atoms with Gasteiger partial charge in [-0.05, 0) is 29.9 Å². The molecule has 0 saturated carbocycles. The second-order valence-electron chi connectivity index (χ2n) is 4.95. The fraction of sp³-hybridized carbons (Fsp3) is 0.333. The molecule has 2 rings (SSSR count). The molecule has 2 N–H and O–H groups in total. The van der Waals surface area contributed by atoms with Crippen LogP contribution in [0, 0.1) is 0 Å². The van der Waals surface area contributed by atoms with Crippen LogP contribution in [-0.2, 0) is 5.75 Å². The molecule has 0 unspecified atom stereocenters. The van der Waals surface area contributed by atoms with E-state index in [0.717, 1.165) is 11.4 Å². The van der Waals surface area contributed by atoms with Gasteiger partial charge in [-0.3, -0.25) is 9.89 Å². The zero-order chi connectivity index (χ0) is 14.5. The van der Waals surface area contributed by atoms with E-state index in [1.807, 2.05) is 30.3 Å². The summed E-state index contributed by atoms with van der Waals surface area (Å²) in [6.07, 6.45) is 2.06. The average molecular weight is 289 g/mol. The number of benzene rings is 1. The third-order valence-corrected chi connectivity index (χ3v) is 3.61. The molecule has 106 valence electrons. The van der Waals surface area contributed by atoms with E-state index in [0.29, 0.717) is 17.3 Å². The first kappa shape index (κ1) is 14.7. The molecule has 0 aliphatic carbocycles. The summed E-state index contributed by atoms with van der Waals surface area (Å²) in [6.45, 7) is 4.15. The minimum absolute atomic E-state index is 0.137. The highest BCUT2D eigenvalue weighted by Gasteiger charge is 2.09. The van der Waals surface area contributed by atoms with Gasteiger partial charge in [0.05, 0.1) is 0 Å². The molecule has 0 saturated heterocycles. The fourth-order valence-electron chi connectivity index (χ4n) is 1.80. The number of aromatic nitrogens is 2. The molecular formula is C15H19N3OS. The Balaban J connectivity index is 2.03. The van der Waals surface area contributed by atoms with Crippen LogP contribution in [0.4, 0.5) is 5.82 Å². The molecule has 2 aromatic rings. The number of amides is 1. The molecule has 0 aliphatic heterocycles. The molecule has 0 fully saturated rings. The Labute approximate surface area is 123 Å². The predicted octanol–water partition coefficient (Wildman–Crippen LogP) is 3.65. The number of hydrogen-bond donors (Lipinski definition) is 2. The third kappa shape index (κ3) is 3.63. The van der Waals surface area contributed by atoms with Crippen molar-refractivity contribution >= 4 is 23.5 Å². The maximum Gasteiger partial charge on any atom is 0.256 e. The fourth-order valence-corrected chi connectivity index (χ4v) is 2.33. The molecule has 20 heavy (non-hydrogen) atoms. The summed E-state index contributed by atoms with van der Waals surface area (Å²) in [6, 6.07) is 9.52. The highest BCUT2D eigenvalue weighted by Crippen LogP contribution is 2.16. The van der Waals surface area contributed by atoms with Gasteiger partial charge >= 0.3 is 0 Å². The molecule has 4 nitrogen and oxygen atoms in total. The molecule has 1 heterocycles. The van der Waals surface area contributed by atoms with Crippen molar-refractivity contribution in [1.82, 2.24) is 10.2 Å². The summed E-state index contributed by atoms with van der Waals surface area (Å²) in [5, 5.41) is 9.81. The van der Waals surface area contributed by atoms with Crippen LogP contribution in [0.3, 0.4) is 0 Å². The lowest BCUT2D eigenvalue weighted by molar-refractivity contribution is 0.102. The van der Waals surface area contributed by atoms with E-state index in [9.17, 15) is 4.79 Å². The molecule has 0 atom stereocenters. The van der Waals surface area contributed by atoms with E-state index in [4.69, 9.17) is 0 Å². The number of nitrogens with one attached hydrogen (secondary N) is 2. The maximum absolute atomic E-state index is 12.1. The summed E-state index contributed by atoms with van der Waals surface area (Å²) in [5.74, 6) is 1.74. The number of carbonyl (C=O) groups excluding carboxylic acids is 1. The molecular weight excluding hydrogens is 270 g/mol. The highest BCUT2D eigenvalue weighted by molar-refractivity contribution is 7.97. The number of carbonyl (C=O) groups is 1. The van der Waals surface area contributed by atoms with E-state index in [2.05, 4.69) is 35.6 Å². The Kier molecular flexibility index (Phi) is 4.84. The van der Waals surface area contributed by atoms with Gasteiger partial charge in [-0.2, -0.15) is 16.9 Å². The van der Waals surface area contributed by atoms with Crippen LogP contribution in [0.15, 0.2) is 30.3 Å². The lowest BCUT2D eigenvalue weighted by Gasteiger charge is -2.03. The van der Waals surface area contributed by atoms with E-state index < -0.39 is 0 Å². The number of thioether (sulfide) groups is 1. The van der Waals surface area contributed by atoms with Gasteiger partial charge in [0.15, 0.2) is 5.82 Å². The van der Waals surface area contributed by atoms with Gasteiger partial charge in [0.25, 0.3) is 5.91 Å². The van der Waals surface area contributed by atoms with Crippen molar-refractivity contribution in [3.05, 3.63) is 47.2 Å². The van der Waals surface area contributed by atoms with Crippen LogP contribution in [0.5, 0.6) is 0 Å². The van der Waals surface area contributed by atoms with Crippen LogP contribution < -0.4 is 5.32 Å². The Morgan fingerprint density at radius 1 is 1.35 bits per heavy atom. The quantitative estimate of drug-likeness (QED) is 0.883. The van der Waals surface area contributed by atoms with Crippen molar-refractivity contribution in [2.75, 3.05) is 11.6 Å². The average Bonchev–Trinajstić information content (AvgIpc) is 2.88. The molecule has 0 bridgehead atoms. The highest BCUT2D eigenvalue weighted by atomic mass is 32.2. The van der Waals surface area contributed by atoms with E-state index in [-0.39, 0.29) is 5.91 Å². The number of anilines is 1. The zero-order valence-electron chi connectivity index (χ0n) is 11.9. The van der Waals surface area contributed by atoms with Crippen molar-refractivity contribution in [2.45, 2.75) is 25.5 Å². The third-order valence-electron chi connectivity index (χ3n) is 2.99. The normalized spacial score (nSPS) is 10.8. The van der Waals surface area contributed by atoms with Crippen LogP contribution in [0.25, 0.3) is 0 Å². The molecule has 0 radical (unpaired) electrons. The topological polar surface area (TPSA) is 57.8 Å². The summed E-state index contributed by atoms with van der Waals surface area (Å²) in [4.78, 5) is 12.1. The number of hydrogen-bond acceptors (Lipinski definition) is 3. The number of H-pyrrole nitrogens is 1. The SMILES string of the molecule is CSCc1ccc(C(=O)Nc2cc(C(C)C)[nH]n2)cc1. The number of nitrogens with zero attached hydrogens (tertiary/aromatic N) is 1. The minimum Gasteiger partial charge on any atom is -0.305 e. The smallest absolute Gasteiger partial charge is 0.256 e. The van der Waals surface area contributed by atoms with Crippen LogP contribution in [0.2, 0.25) is 0 Å². The predicted molar refractivity (Wildman–Crippen MR) is 84.3 cm³/mol. The van der Waals surface area contributed by atoms with E-state index >= 15 is 0 Å². The first-order valence-electron chi connectivity index (χ1n) is 6.54. The van der Waals surface area contributed by atoms with Crippen molar-refractivity contribution in [1.29, 1.82) is 0 Å². The second kappa shape index (κ2) is 6.61. The Morgan fingerprint density at radius 3 is 2.60 bits per heavy atom. The lowest BCUT2D eigenvalue weighted by atomic mass is 10.1. The standard InChI is InChI=1S/C15H19N3OS/c1-10(2)13-8-14(18-17-13)16-15(19)12-6-4-11(5-7-12)9-20-3/h4-8,10H,9H2,1-3H3,(H2,16,17,18,19). The van der Waals surface area contributed by atoms with Crippen molar-refractivity contribution < 1.29 is 4.79 Å². The van der Waals surface area contributed by atoms with Gasteiger partial charge in [-0.15, -0.1) is 0 Å². The summed E-state index contributed by atoms with van der Waals surface area (Å²) in [7, 11) is 0. The van der Waals surface area contributed by atoms with Gasteiger partial charge < -0.3 is 5.32 Å². The van der Waals surface area contributed by atoms with Crippen molar-refractivity contribution in [3.63, 3.8) is 0 Å². The van der Waals surface area contributed by atoms with Crippen LogP contribution in [0.1, 0.15) is 41.4 Å². The van der Waals surface area contributed by atoms with Gasteiger partial charge in [-0.25, -0.2) is 0 Å². The molecule has 1 aromatic heterocycles. The molecule has 0 spiro atoms. The Hall–Kier alpha value is -1.75. The van der Waals surface area contributed by atoms with Crippen molar-refractivity contribution in [3.8, 4) is 0 Å². The van der Waals surface area contributed by atoms with Gasteiger partial charge in [0, 0.05) is 23.1 Å². The Bertz CT molecular complexity index is 575. The summed E-state index contributed by atoms with van der Waals surface area (Å²) < 4.78 is 0. The van der Waals surface area contributed by atoms with Gasteiger partial charge in [0.1, 0.15) is 0 Å². The molecule has 1 amide bonds. The molecule has 5 heteroatoms. The number of rotatable bonds is 5.